The molecule has 0 spiro atoms. The maximum atomic E-state index is 13.2. The standard InChI is InChI=1S/C24H25ClN6O4/c1-34-23-12-19(6-7-22(23)35-11-10-29-9-8-18(14-29)28-33)30-15-26-31-21(24(30)32)13-20(27-31)16-2-4-17(25)5-3-16/h2-7,12-13,15,18,28,33H,8-11,14H2,1H3. The molecule has 0 saturated carbocycles. The molecule has 0 radical (unpaired) electrons. The van der Waals surface area contributed by atoms with E-state index in [1.165, 1.54) is 15.5 Å². The Kier molecular flexibility index (Phi) is 6.69. The average Bonchev–Trinajstić information content (AvgIpc) is 3.52. The Labute approximate surface area is 206 Å². The van der Waals surface area contributed by atoms with Crippen molar-refractivity contribution in [1.29, 1.82) is 0 Å². The number of fused-ring (bicyclic) bond motifs is 1. The van der Waals surface area contributed by atoms with E-state index in [9.17, 15) is 4.79 Å². The lowest BCUT2D eigenvalue weighted by Gasteiger charge is -2.17. The number of hydroxylamine groups is 1. The summed E-state index contributed by atoms with van der Waals surface area (Å²) in [6.45, 7) is 2.90. The third-order valence-electron chi connectivity index (χ3n) is 6.09. The van der Waals surface area contributed by atoms with Gasteiger partial charge < -0.3 is 14.7 Å². The van der Waals surface area contributed by atoms with E-state index in [-0.39, 0.29) is 11.6 Å². The van der Waals surface area contributed by atoms with Crippen molar-refractivity contribution in [3.05, 3.63) is 70.2 Å². The maximum Gasteiger partial charge on any atom is 0.284 e. The summed E-state index contributed by atoms with van der Waals surface area (Å²) in [6, 6.07) is 14.4. The lowest BCUT2D eigenvalue weighted by molar-refractivity contribution is 0.125. The fourth-order valence-electron chi connectivity index (χ4n) is 4.18. The first-order valence-corrected chi connectivity index (χ1v) is 11.6. The predicted molar refractivity (Wildman–Crippen MR) is 131 cm³/mol. The van der Waals surface area contributed by atoms with Gasteiger partial charge in [-0.25, -0.2) is 5.48 Å². The molecule has 0 amide bonds. The van der Waals surface area contributed by atoms with Crippen LogP contribution in [0.15, 0.2) is 59.7 Å². The van der Waals surface area contributed by atoms with Crippen LogP contribution in [0.1, 0.15) is 6.42 Å². The average molecular weight is 497 g/mol. The van der Waals surface area contributed by atoms with Gasteiger partial charge in [0.15, 0.2) is 17.0 Å². The highest BCUT2D eigenvalue weighted by molar-refractivity contribution is 6.30. The molecule has 0 bridgehead atoms. The molecule has 1 unspecified atom stereocenters. The lowest BCUT2D eigenvalue weighted by atomic mass is 10.1. The normalized spacial score (nSPS) is 16.1. The van der Waals surface area contributed by atoms with Crippen LogP contribution in [0.3, 0.4) is 0 Å². The van der Waals surface area contributed by atoms with Crippen molar-refractivity contribution in [2.24, 2.45) is 0 Å². The number of benzene rings is 2. The molecule has 11 heteroatoms. The Bertz CT molecular complexity index is 1390. The molecule has 1 fully saturated rings. The molecule has 2 aromatic carbocycles. The summed E-state index contributed by atoms with van der Waals surface area (Å²) in [5.74, 6) is 1.10. The fourth-order valence-corrected chi connectivity index (χ4v) is 4.31. The van der Waals surface area contributed by atoms with Crippen LogP contribution in [0.5, 0.6) is 11.5 Å². The summed E-state index contributed by atoms with van der Waals surface area (Å²) in [6.07, 6.45) is 2.34. The summed E-state index contributed by atoms with van der Waals surface area (Å²) in [4.78, 5) is 15.4. The van der Waals surface area contributed by atoms with Crippen LogP contribution in [0.25, 0.3) is 22.5 Å². The Balaban J connectivity index is 1.35. The van der Waals surface area contributed by atoms with Crippen LogP contribution < -0.4 is 20.5 Å². The van der Waals surface area contributed by atoms with Gasteiger partial charge in [-0.15, -0.1) is 14.8 Å². The molecule has 2 N–H and O–H groups in total. The highest BCUT2D eigenvalue weighted by Crippen LogP contribution is 2.29. The topological polar surface area (TPSA) is 106 Å². The quantitative estimate of drug-likeness (QED) is 0.359. The van der Waals surface area contributed by atoms with Gasteiger partial charge in [-0.05, 0) is 43.3 Å². The number of methoxy groups -OCH3 is 1. The Morgan fingerprint density at radius 1 is 1.17 bits per heavy atom. The van der Waals surface area contributed by atoms with Crippen molar-refractivity contribution in [2.45, 2.75) is 12.5 Å². The van der Waals surface area contributed by atoms with Gasteiger partial charge in [-0.3, -0.25) is 14.3 Å². The van der Waals surface area contributed by atoms with E-state index in [2.05, 4.69) is 20.6 Å². The first-order valence-electron chi connectivity index (χ1n) is 11.2. The number of nitrogens with one attached hydrogen (secondary N) is 1. The molecule has 2 aromatic heterocycles. The number of hydrogen-bond acceptors (Lipinski definition) is 8. The van der Waals surface area contributed by atoms with E-state index >= 15 is 0 Å². The number of ether oxygens (including phenoxy) is 2. The van der Waals surface area contributed by atoms with Crippen molar-refractivity contribution in [3.8, 4) is 28.4 Å². The Morgan fingerprint density at radius 3 is 2.74 bits per heavy atom. The van der Waals surface area contributed by atoms with Crippen molar-refractivity contribution in [2.75, 3.05) is 33.4 Å². The second-order valence-corrected chi connectivity index (χ2v) is 8.75. The molecule has 1 atom stereocenters. The smallest absolute Gasteiger partial charge is 0.284 e. The molecule has 3 heterocycles. The largest absolute Gasteiger partial charge is 0.493 e. The number of rotatable bonds is 8. The summed E-state index contributed by atoms with van der Waals surface area (Å²) in [5.41, 5.74) is 4.47. The van der Waals surface area contributed by atoms with Gasteiger partial charge in [0.1, 0.15) is 12.9 Å². The highest BCUT2D eigenvalue weighted by Gasteiger charge is 2.21. The van der Waals surface area contributed by atoms with Gasteiger partial charge in [0, 0.05) is 35.8 Å². The molecule has 0 aliphatic carbocycles. The van der Waals surface area contributed by atoms with E-state index in [0.717, 1.165) is 31.6 Å². The summed E-state index contributed by atoms with van der Waals surface area (Å²) < 4.78 is 14.2. The molecule has 5 rings (SSSR count). The van der Waals surface area contributed by atoms with E-state index < -0.39 is 0 Å². The molecule has 1 aliphatic heterocycles. The first-order chi connectivity index (χ1) is 17.1. The highest BCUT2D eigenvalue weighted by atomic mass is 35.5. The van der Waals surface area contributed by atoms with Gasteiger partial charge in [0.25, 0.3) is 5.56 Å². The maximum absolute atomic E-state index is 13.2. The van der Waals surface area contributed by atoms with E-state index in [0.29, 0.717) is 40.0 Å². The fraction of sp³-hybridized carbons (Fsp3) is 0.292. The molecular weight excluding hydrogens is 472 g/mol. The third-order valence-corrected chi connectivity index (χ3v) is 6.34. The minimum Gasteiger partial charge on any atom is -0.493 e. The van der Waals surface area contributed by atoms with Crippen LogP contribution >= 0.6 is 11.6 Å². The number of halogens is 1. The van der Waals surface area contributed by atoms with Crippen LogP contribution in [-0.4, -0.2) is 68.9 Å². The second-order valence-electron chi connectivity index (χ2n) is 8.32. The minimum absolute atomic E-state index is 0.103. The third kappa shape index (κ3) is 4.87. The molecule has 10 nitrogen and oxygen atoms in total. The number of hydrogen-bond donors (Lipinski definition) is 2. The van der Waals surface area contributed by atoms with Crippen LogP contribution in [0, 0.1) is 0 Å². The van der Waals surface area contributed by atoms with Crippen molar-refractivity contribution in [1.82, 2.24) is 29.8 Å². The van der Waals surface area contributed by atoms with Crippen LogP contribution in [0.2, 0.25) is 5.02 Å². The molecule has 4 aromatic rings. The second kappa shape index (κ2) is 10.0. The molecule has 35 heavy (non-hydrogen) atoms. The SMILES string of the molecule is COc1cc(-n2cnn3nc(-c4ccc(Cl)cc4)cc3c2=O)ccc1OCCN1CCC(NO)C1. The van der Waals surface area contributed by atoms with Gasteiger partial charge in [-0.1, -0.05) is 23.7 Å². The first kappa shape index (κ1) is 23.3. The summed E-state index contributed by atoms with van der Waals surface area (Å²) in [5, 5.41) is 18.4. The van der Waals surface area contributed by atoms with Crippen molar-refractivity contribution < 1.29 is 14.7 Å². The van der Waals surface area contributed by atoms with Gasteiger partial charge in [-0.2, -0.15) is 0 Å². The lowest BCUT2D eigenvalue weighted by Crippen LogP contribution is -2.32. The molecule has 1 aliphatic rings. The van der Waals surface area contributed by atoms with Crippen molar-refractivity contribution >= 4 is 17.1 Å². The zero-order valence-corrected chi connectivity index (χ0v) is 19.9. The van der Waals surface area contributed by atoms with Gasteiger partial charge in [0.05, 0.1) is 18.5 Å². The Morgan fingerprint density at radius 2 is 2.00 bits per heavy atom. The zero-order valence-electron chi connectivity index (χ0n) is 19.1. The van der Waals surface area contributed by atoms with Gasteiger partial charge >= 0.3 is 0 Å². The van der Waals surface area contributed by atoms with E-state index in [4.69, 9.17) is 26.3 Å². The van der Waals surface area contributed by atoms with E-state index in [1.807, 2.05) is 12.1 Å². The minimum atomic E-state index is -0.260. The van der Waals surface area contributed by atoms with Gasteiger partial charge in [0.2, 0.25) is 0 Å². The number of nitrogens with zero attached hydrogens (tertiary/aromatic N) is 5. The monoisotopic (exact) mass is 496 g/mol. The van der Waals surface area contributed by atoms with Crippen LogP contribution in [-0.2, 0) is 0 Å². The van der Waals surface area contributed by atoms with Crippen LogP contribution in [0.4, 0.5) is 0 Å². The van der Waals surface area contributed by atoms with Crippen molar-refractivity contribution in [3.63, 3.8) is 0 Å². The van der Waals surface area contributed by atoms with E-state index in [1.54, 1.807) is 43.5 Å². The molecular formula is C24H25ClN6O4. The number of likely N-dealkylation sites (tertiary alicyclic amines) is 1. The summed E-state index contributed by atoms with van der Waals surface area (Å²) in [7, 11) is 1.56. The number of aromatic nitrogens is 4. The molecule has 1 saturated heterocycles. The predicted octanol–water partition coefficient (Wildman–Crippen LogP) is 2.64. The Hall–Kier alpha value is -3.44. The molecule has 182 valence electrons. The summed E-state index contributed by atoms with van der Waals surface area (Å²) >= 11 is 5.97. The zero-order chi connectivity index (χ0) is 24.4.